The molecule has 0 aromatic carbocycles. The second kappa shape index (κ2) is 5.43. The number of amides is 1. The maximum Gasteiger partial charge on any atom is 0.267 e. The van der Waals surface area contributed by atoms with E-state index in [1.165, 1.54) is 35.3 Å². The van der Waals surface area contributed by atoms with Crippen LogP contribution < -0.4 is 0 Å². The van der Waals surface area contributed by atoms with Crippen LogP contribution in [0, 0.1) is 0 Å². The van der Waals surface area contributed by atoms with Gasteiger partial charge in [-0.3, -0.25) is 9.69 Å². The Bertz CT molecular complexity index is 574. The fourth-order valence-corrected chi connectivity index (χ4v) is 5.45. The van der Waals surface area contributed by atoms with Crippen molar-refractivity contribution >= 4 is 57.7 Å². The minimum absolute atomic E-state index is 0.0136. The SMILES string of the molecule is CCCN1C(=O)C(=C2Sc3nccnc3S2)SC1=S. The van der Waals surface area contributed by atoms with Crippen LogP contribution in [0.5, 0.6) is 0 Å². The normalized spacial score (nSPS) is 18.5. The lowest BCUT2D eigenvalue weighted by molar-refractivity contribution is -0.122. The van der Waals surface area contributed by atoms with Crippen LogP contribution in [0.1, 0.15) is 13.3 Å². The van der Waals surface area contributed by atoms with Crippen LogP contribution in [0.4, 0.5) is 0 Å². The summed E-state index contributed by atoms with van der Waals surface area (Å²) in [6.07, 6.45) is 4.23. The van der Waals surface area contributed by atoms with E-state index in [4.69, 9.17) is 12.2 Å². The van der Waals surface area contributed by atoms with E-state index in [2.05, 4.69) is 9.97 Å². The summed E-state index contributed by atoms with van der Waals surface area (Å²) in [5.41, 5.74) is 0. The Morgan fingerprint density at radius 3 is 2.42 bits per heavy atom. The van der Waals surface area contributed by atoms with Crippen LogP contribution in [0.3, 0.4) is 0 Å². The van der Waals surface area contributed by atoms with Gasteiger partial charge in [-0.1, -0.05) is 54.4 Å². The molecule has 0 radical (unpaired) electrons. The van der Waals surface area contributed by atoms with Gasteiger partial charge in [-0.15, -0.1) is 0 Å². The van der Waals surface area contributed by atoms with Crippen molar-refractivity contribution in [3.63, 3.8) is 0 Å². The lowest BCUT2D eigenvalue weighted by Crippen LogP contribution is -2.28. The first-order valence-corrected chi connectivity index (χ1v) is 8.51. The third kappa shape index (κ3) is 2.42. The van der Waals surface area contributed by atoms with E-state index in [9.17, 15) is 4.79 Å². The van der Waals surface area contributed by atoms with Gasteiger partial charge in [0.1, 0.15) is 19.3 Å². The summed E-state index contributed by atoms with van der Waals surface area (Å²) < 4.78 is 1.59. The first-order valence-electron chi connectivity index (χ1n) is 5.65. The Kier molecular flexibility index (Phi) is 3.84. The van der Waals surface area contributed by atoms with Crippen molar-refractivity contribution in [1.82, 2.24) is 14.9 Å². The Labute approximate surface area is 128 Å². The molecule has 98 valence electrons. The molecule has 4 nitrogen and oxygen atoms in total. The monoisotopic (exact) mass is 327 g/mol. The number of fused-ring (bicyclic) bond motifs is 1. The fraction of sp³-hybridized carbons (Fsp3) is 0.273. The number of rotatable bonds is 2. The van der Waals surface area contributed by atoms with Crippen molar-refractivity contribution in [3.8, 4) is 0 Å². The summed E-state index contributed by atoms with van der Waals surface area (Å²) in [6, 6.07) is 0. The molecule has 0 N–H and O–H groups in total. The first-order chi connectivity index (χ1) is 9.20. The topological polar surface area (TPSA) is 46.1 Å². The zero-order valence-corrected chi connectivity index (χ0v) is 13.2. The van der Waals surface area contributed by atoms with E-state index in [1.807, 2.05) is 6.92 Å². The molecule has 1 aromatic rings. The first kappa shape index (κ1) is 13.4. The van der Waals surface area contributed by atoms with E-state index in [-0.39, 0.29) is 5.91 Å². The standard InChI is InChI=1S/C11H9N3OS4/c1-2-5-14-9(15)6(17-11(14)16)10-18-7-8(19-10)13-4-3-12-7/h3-4H,2,5H2,1H3. The van der Waals surface area contributed by atoms with Crippen LogP contribution >= 0.6 is 47.5 Å². The smallest absolute Gasteiger partial charge is 0.267 e. The van der Waals surface area contributed by atoms with Gasteiger partial charge < -0.3 is 0 Å². The van der Waals surface area contributed by atoms with Crippen LogP contribution in [-0.4, -0.2) is 31.6 Å². The van der Waals surface area contributed by atoms with Crippen molar-refractivity contribution in [1.29, 1.82) is 0 Å². The van der Waals surface area contributed by atoms with Crippen LogP contribution in [0.25, 0.3) is 0 Å². The molecule has 2 aliphatic heterocycles. The number of thioether (sulfide) groups is 3. The largest absolute Gasteiger partial charge is 0.293 e. The summed E-state index contributed by atoms with van der Waals surface area (Å²) >= 11 is 9.65. The second-order valence-corrected chi connectivity index (χ2v) is 7.71. The lowest BCUT2D eigenvalue weighted by Gasteiger charge is -2.12. The van der Waals surface area contributed by atoms with E-state index in [1.54, 1.807) is 17.3 Å². The molecule has 3 rings (SSSR count). The average Bonchev–Trinajstić information content (AvgIpc) is 2.94. The minimum Gasteiger partial charge on any atom is -0.293 e. The summed E-state index contributed by atoms with van der Waals surface area (Å²) in [5, 5.41) is 1.73. The number of carbonyl (C=O) groups excluding carboxylic acids is 1. The number of hydrogen-bond donors (Lipinski definition) is 0. The van der Waals surface area contributed by atoms with Crippen molar-refractivity contribution in [2.75, 3.05) is 6.54 Å². The number of nitrogens with zero attached hydrogens (tertiary/aromatic N) is 3. The van der Waals surface area contributed by atoms with Gasteiger partial charge in [0.25, 0.3) is 5.91 Å². The molecular formula is C11H9N3OS4. The van der Waals surface area contributed by atoms with E-state index >= 15 is 0 Å². The molecule has 0 bridgehead atoms. The number of thiocarbonyl (C=S) groups is 1. The van der Waals surface area contributed by atoms with Crippen molar-refractivity contribution < 1.29 is 4.79 Å². The molecule has 8 heteroatoms. The van der Waals surface area contributed by atoms with Gasteiger partial charge in [0, 0.05) is 18.9 Å². The molecular weight excluding hydrogens is 318 g/mol. The zero-order valence-electron chi connectivity index (χ0n) is 9.95. The van der Waals surface area contributed by atoms with Gasteiger partial charge in [-0.05, 0) is 6.42 Å². The molecule has 19 heavy (non-hydrogen) atoms. The Hall–Kier alpha value is -0.570. The highest BCUT2D eigenvalue weighted by Crippen LogP contribution is 2.53. The molecule has 1 amide bonds. The molecule has 0 spiro atoms. The molecule has 2 aliphatic rings. The predicted molar refractivity (Wildman–Crippen MR) is 83.0 cm³/mol. The maximum atomic E-state index is 12.3. The van der Waals surface area contributed by atoms with Gasteiger partial charge in [0.2, 0.25) is 0 Å². The quantitative estimate of drug-likeness (QED) is 0.611. The van der Waals surface area contributed by atoms with Crippen LogP contribution in [0.2, 0.25) is 0 Å². The summed E-state index contributed by atoms with van der Waals surface area (Å²) in [5.74, 6) is 0.0136. The fourth-order valence-electron chi connectivity index (χ4n) is 1.68. The molecule has 0 unspecified atom stereocenters. The van der Waals surface area contributed by atoms with Gasteiger partial charge in [-0.25, -0.2) is 9.97 Å². The molecule has 3 heterocycles. The highest BCUT2D eigenvalue weighted by molar-refractivity contribution is 8.30. The molecule has 0 saturated carbocycles. The van der Waals surface area contributed by atoms with Crippen LogP contribution in [0.15, 0.2) is 31.6 Å². The zero-order chi connectivity index (χ0) is 13.4. The van der Waals surface area contributed by atoms with Crippen LogP contribution in [-0.2, 0) is 4.79 Å². The third-order valence-corrected chi connectivity index (χ3v) is 6.59. The summed E-state index contributed by atoms with van der Waals surface area (Å²) in [7, 11) is 0. The summed E-state index contributed by atoms with van der Waals surface area (Å²) in [4.78, 5) is 23.2. The molecule has 1 fully saturated rings. The summed E-state index contributed by atoms with van der Waals surface area (Å²) in [6.45, 7) is 2.72. The molecule has 0 aliphatic carbocycles. The lowest BCUT2D eigenvalue weighted by atomic mass is 10.4. The molecule has 1 aromatic heterocycles. The number of hydrogen-bond acceptors (Lipinski definition) is 7. The molecule has 1 saturated heterocycles. The highest BCUT2D eigenvalue weighted by Gasteiger charge is 2.36. The highest BCUT2D eigenvalue weighted by atomic mass is 32.2. The van der Waals surface area contributed by atoms with Crippen molar-refractivity contribution in [2.24, 2.45) is 0 Å². The van der Waals surface area contributed by atoms with E-state index in [0.717, 1.165) is 20.7 Å². The number of carbonyl (C=O) groups is 1. The van der Waals surface area contributed by atoms with E-state index < -0.39 is 0 Å². The second-order valence-electron chi connectivity index (χ2n) is 3.81. The van der Waals surface area contributed by atoms with Gasteiger partial charge in [0.15, 0.2) is 0 Å². The van der Waals surface area contributed by atoms with Gasteiger partial charge >= 0.3 is 0 Å². The number of aromatic nitrogens is 2. The maximum absolute atomic E-state index is 12.3. The van der Waals surface area contributed by atoms with E-state index in [0.29, 0.717) is 15.8 Å². The van der Waals surface area contributed by atoms with Gasteiger partial charge in [-0.2, -0.15) is 0 Å². The predicted octanol–water partition coefficient (Wildman–Crippen LogP) is 3.11. The average molecular weight is 327 g/mol. The minimum atomic E-state index is 0.0136. The van der Waals surface area contributed by atoms with Crippen molar-refractivity contribution in [3.05, 3.63) is 21.5 Å². The Balaban J connectivity index is 1.91. The van der Waals surface area contributed by atoms with Gasteiger partial charge in [0.05, 0.1) is 4.24 Å². The Morgan fingerprint density at radius 1 is 1.21 bits per heavy atom. The Morgan fingerprint density at radius 2 is 1.84 bits per heavy atom. The van der Waals surface area contributed by atoms with Crippen molar-refractivity contribution in [2.45, 2.75) is 23.4 Å². The third-order valence-electron chi connectivity index (χ3n) is 2.49. The molecule has 0 atom stereocenters.